The Morgan fingerprint density at radius 3 is 2.17 bits per heavy atom. The van der Waals surface area contributed by atoms with Crippen molar-refractivity contribution < 1.29 is 21.6 Å². The average molecular weight is 518 g/mol. The van der Waals surface area contributed by atoms with Gasteiger partial charge in [0.25, 0.3) is 10.0 Å². The first-order valence-corrected chi connectivity index (χ1v) is 13.9. The zero-order valence-corrected chi connectivity index (χ0v) is 21.6. The Hall–Kier alpha value is -3.51. The minimum Gasteiger partial charge on any atom is -0.324 e. The van der Waals surface area contributed by atoms with E-state index in [-0.39, 0.29) is 10.8 Å². The van der Waals surface area contributed by atoms with Crippen LogP contribution in [-0.2, 0) is 24.8 Å². The van der Waals surface area contributed by atoms with Gasteiger partial charge in [-0.3, -0.25) is 9.10 Å². The van der Waals surface area contributed by atoms with E-state index < -0.39 is 32.0 Å². The molecule has 3 rings (SSSR count). The van der Waals surface area contributed by atoms with Gasteiger partial charge in [-0.05, 0) is 81.3 Å². The second kappa shape index (κ2) is 10.0. The van der Waals surface area contributed by atoms with Crippen LogP contribution in [0.4, 0.5) is 17.3 Å². The molecule has 0 aliphatic heterocycles. The Bertz CT molecular complexity index is 1460. The van der Waals surface area contributed by atoms with Crippen molar-refractivity contribution in [1.82, 2.24) is 9.97 Å². The lowest BCUT2D eigenvalue weighted by Crippen LogP contribution is -2.45. The van der Waals surface area contributed by atoms with E-state index in [0.29, 0.717) is 17.1 Å². The van der Waals surface area contributed by atoms with Gasteiger partial charge in [0.05, 0.1) is 16.8 Å². The fraction of sp³-hybridized carbons (Fsp3) is 0.261. The third kappa shape index (κ3) is 6.34. The topological polar surface area (TPSA) is 138 Å². The summed E-state index contributed by atoms with van der Waals surface area (Å²) < 4.78 is 53.6. The minimum absolute atomic E-state index is 0.0524. The van der Waals surface area contributed by atoms with Crippen LogP contribution in [0, 0.1) is 20.8 Å². The second-order valence-corrected chi connectivity index (χ2v) is 11.7. The molecule has 0 fully saturated rings. The van der Waals surface area contributed by atoms with Crippen LogP contribution >= 0.6 is 0 Å². The van der Waals surface area contributed by atoms with Gasteiger partial charge in [0.1, 0.15) is 6.04 Å². The van der Waals surface area contributed by atoms with Crippen LogP contribution < -0.4 is 14.3 Å². The van der Waals surface area contributed by atoms with E-state index >= 15 is 0 Å². The molecule has 0 aliphatic carbocycles. The van der Waals surface area contributed by atoms with Crippen molar-refractivity contribution in [3.8, 4) is 0 Å². The fourth-order valence-corrected chi connectivity index (χ4v) is 5.43. The molecule has 0 aliphatic rings. The largest absolute Gasteiger partial charge is 0.324 e. The molecular formula is C23H27N5O5S2. The number of aromatic nitrogens is 2. The number of amides is 1. The minimum atomic E-state index is -3.94. The Morgan fingerprint density at radius 2 is 1.60 bits per heavy atom. The Morgan fingerprint density at radius 1 is 0.943 bits per heavy atom. The van der Waals surface area contributed by atoms with Crippen LogP contribution in [-0.4, -0.2) is 45.0 Å². The highest BCUT2D eigenvalue weighted by Gasteiger charge is 2.29. The number of anilines is 3. The summed E-state index contributed by atoms with van der Waals surface area (Å²) in [6, 6.07) is 11.2. The molecule has 0 saturated heterocycles. The van der Waals surface area contributed by atoms with Crippen molar-refractivity contribution in [3.05, 3.63) is 71.5 Å². The summed E-state index contributed by atoms with van der Waals surface area (Å²) in [5.41, 5.74) is 3.18. The molecule has 1 amide bonds. The highest BCUT2D eigenvalue weighted by Crippen LogP contribution is 2.24. The standard InChI is InChI=1S/C23H27N5O5S2/c1-15-6-9-20(14-16(15)2)28(34(5,30)31)18(4)22(29)26-19-7-10-21(11-8-19)35(32,33)27-23-24-13-12-17(3)25-23/h6-14,18H,1-5H3,(H,26,29)(H,24,25,27)/t18-/m0/s1. The molecule has 0 radical (unpaired) electrons. The SMILES string of the molecule is Cc1ccnc(NS(=O)(=O)c2ccc(NC(=O)[C@H](C)N(c3ccc(C)c(C)c3)S(C)(=O)=O)cc2)n1. The van der Waals surface area contributed by atoms with Crippen LogP contribution in [0.25, 0.3) is 0 Å². The molecule has 1 heterocycles. The molecule has 0 unspecified atom stereocenters. The molecule has 1 atom stereocenters. The number of aryl methyl sites for hydroxylation is 3. The van der Waals surface area contributed by atoms with Gasteiger partial charge in [-0.1, -0.05) is 6.07 Å². The van der Waals surface area contributed by atoms with Gasteiger partial charge >= 0.3 is 0 Å². The summed E-state index contributed by atoms with van der Waals surface area (Å²) >= 11 is 0. The van der Waals surface area contributed by atoms with E-state index in [1.807, 2.05) is 13.8 Å². The number of sulfonamides is 2. The lowest BCUT2D eigenvalue weighted by molar-refractivity contribution is -0.116. The van der Waals surface area contributed by atoms with Crippen LogP contribution in [0.5, 0.6) is 0 Å². The highest BCUT2D eigenvalue weighted by molar-refractivity contribution is 7.92. The Kier molecular flexibility index (Phi) is 7.46. The summed E-state index contributed by atoms with van der Waals surface area (Å²) in [6.07, 6.45) is 2.48. The number of rotatable bonds is 8. The second-order valence-electron chi connectivity index (χ2n) is 8.14. The summed E-state index contributed by atoms with van der Waals surface area (Å²) in [5, 5.41) is 2.64. The molecule has 2 N–H and O–H groups in total. The third-order valence-corrected chi connectivity index (χ3v) is 7.87. The van der Waals surface area contributed by atoms with E-state index in [1.165, 1.54) is 37.4 Å². The van der Waals surface area contributed by atoms with Crippen LogP contribution in [0.2, 0.25) is 0 Å². The van der Waals surface area contributed by atoms with Crippen molar-refractivity contribution in [2.24, 2.45) is 0 Å². The monoisotopic (exact) mass is 517 g/mol. The number of nitrogens with zero attached hydrogens (tertiary/aromatic N) is 3. The van der Waals surface area contributed by atoms with Gasteiger partial charge in [0.15, 0.2) is 0 Å². The summed E-state index contributed by atoms with van der Waals surface area (Å²) in [5.74, 6) is -0.626. The van der Waals surface area contributed by atoms with E-state index in [4.69, 9.17) is 0 Å². The maximum atomic E-state index is 12.9. The Balaban J connectivity index is 1.78. The van der Waals surface area contributed by atoms with E-state index in [9.17, 15) is 21.6 Å². The predicted octanol–water partition coefficient (Wildman–Crippen LogP) is 3.00. The zero-order valence-electron chi connectivity index (χ0n) is 20.0. The number of nitrogens with one attached hydrogen (secondary N) is 2. The van der Waals surface area contributed by atoms with Crippen molar-refractivity contribution in [3.63, 3.8) is 0 Å². The van der Waals surface area contributed by atoms with E-state index in [0.717, 1.165) is 21.7 Å². The molecule has 3 aromatic rings. The van der Waals surface area contributed by atoms with Crippen LogP contribution in [0.15, 0.2) is 59.6 Å². The van der Waals surface area contributed by atoms with Crippen molar-refractivity contribution in [2.45, 2.75) is 38.6 Å². The van der Waals surface area contributed by atoms with Gasteiger partial charge in [0.2, 0.25) is 21.9 Å². The molecular weight excluding hydrogens is 490 g/mol. The molecule has 1 aromatic heterocycles. The van der Waals surface area contributed by atoms with Crippen LogP contribution in [0.3, 0.4) is 0 Å². The van der Waals surface area contributed by atoms with Gasteiger partial charge in [-0.15, -0.1) is 0 Å². The van der Waals surface area contributed by atoms with Gasteiger partial charge < -0.3 is 5.32 Å². The number of benzene rings is 2. The molecule has 186 valence electrons. The molecule has 10 nitrogen and oxygen atoms in total. The van der Waals surface area contributed by atoms with E-state index in [1.54, 1.807) is 31.2 Å². The number of carbonyl (C=O) groups excluding carboxylic acids is 1. The van der Waals surface area contributed by atoms with Crippen molar-refractivity contribution >= 4 is 43.3 Å². The first kappa shape index (κ1) is 26.1. The van der Waals surface area contributed by atoms with Crippen molar-refractivity contribution in [2.75, 3.05) is 20.6 Å². The lowest BCUT2D eigenvalue weighted by atomic mass is 10.1. The van der Waals surface area contributed by atoms with Crippen LogP contribution in [0.1, 0.15) is 23.7 Å². The molecule has 0 saturated carbocycles. The first-order valence-electron chi connectivity index (χ1n) is 10.6. The molecule has 35 heavy (non-hydrogen) atoms. The smallest absolute Gasteiger partial charge is 0.264 e. The maximum absolute atomic E-state index is 12.9. The fourth-order valence-electron chi connectivity index (χ4n) is 3.31. The first-order chi connectivity index (χ1) is 16.3. The third-order valence-electron chi connectivity index (χ3n) is 5.29. The lowest BCUT2D eigenvalue weighted by Gasteiger charge is -2.28. The average Bonchev–Trinajstić information content (AvgIpc) is 2.75. The van der Waals surface area contributed by atoms with E-state index in [2.05, 4.69) is 20.0 Å². The molecule has 2 aromatic carbocycles. The zero-order chi connectivity index (χ0) is 26.0. The van der Waals surface area contributed by atoms with Gasteiger partial charge in [0, 0.05) is 17.6 Å². The molecule has 12 heteroatoms. The summed E-state index contributed by atoms with van der Waals surface area (Å²) in [7, 11) is -7.71. The number of hydrogen-bond acceptors (Lipinski definition) is 7. The highest BCUT2D eigenvalue weighted by atomic mass is 32.2. The summed E-state index contributed by atoms with van der Waals surface area (Å²) in [4.78, 5) is 20.8. The Labute approximate surface area is 205 Å². The normalized spacial score (nSPS) is 12.6. The van der Waals surface area contributed by atoms with Gasteiger partial charge in [-0.25, -0.2) is 31.5 Å². The quantitative estimate of drug-likeness (QED) is 0.468. The number of hydrogen-bond donors (Lipinski definition) is 2. The molecule has 0 bridgehead atoms. The van der Waals surface area contributed by atoms with Crippen molar-refractivity contribution in [1.29, 1.82) is 0 Å². The number of carbonyl (C=O) groups is 1. The van der Waals surface area contributed by atoms with Gasteiger partial charge in [-0.2, -0.15) is 0 Å². The maximum Gasteiger partial charge on any atom is 0.264 e. The predicted molar refractivity (Wildman–Crippen MR) is 135 cm³/mol. The summed E-state index contributed by atoms with van der Waals surface area (Å²) in [6.45, 7) is 6.96. The molecule has 0 spiro atoms.